The van der Waals surface area contributed by atoms with Crippen LogP contribution in [0.5, 0.6) is 0 Å². The van der Waals surface area contributed by atoms with Gasteiger partial charge in [0.1, 0.15) is 0 Å². The molecule has 0 fully saturated rings. The maximum Gasteiger partial charge on any atom is 0.335 e. The van der Waals surface area contributed by atoms with Gasteiger partial charge in [0.05, 0.1) is 5.56 Å². The molecular formula is C9H10O2Zn. The molecular weight excluding hydrogens is 205 g/mol. The van der Waals surface area contributed by atoms with E-state index in [0.29, 0.717) is 5.56 Å². The molecule has 1 rings (SSSR count). The fourth-order valence-corrected chi connectivity index (χ4v) is 0.874. The molecule has 1 aromatic rings. The summed E-state index contributed by atoms with van der Waals surface area (Å²) >= 11 is 0. The van der Waals surface area contributed by atoms with E-state index in [4.69, 9.17) is 5.11 Å². The van der Waals surface area contributed by atoms with Gasteiger partial charge in [0.25, 0.3) is 0 Å². The van der Waals surface area contributed by atoms with Crippen LogP contribution in [-0.2, 0) is 19.5 Å². The minimum atomic E-state index is -0.867. The molecule has 12 heavy (non-hydrogen) atoms. The molecule has 0 heterocycles. The number of rotatable bonds is 1. The summed E-state index contributed by atoms with van der Waals surface area (Å²) in [7, 11) is 0. The summed E-state index contributed by atoms with van der Waals surface area (Å²) in [6.07, 6.45) is 0. The van der Waals surface area contributed by atoms with E-state index in [-0.39, 0.29) is 19.5 Å². The van der Waals surface area contributed by atoms with Gasteiger partial charge in [0.15, 0.2) is 0 Å². The first-order valence-corrected chi connectivity index (χ1v) is 3.42. The summed E-state index contributed by atoms with van der Waals surface area (Å²) in [5.74, 6) is -0.867. The van der Waals surface area contributed by atoms with Gasteiger partial charge in [0, 0.05) is 19.5 Å². The van der Waals surface area contributed by atoms with Crippen molar-refractivity contribution >= 4 is 5.97 Å². The summed E-state index contributed by atoms with van der Waals surface area (Å²) in [5, 5.41) is 8.60. The van der Waals surface area contributed by atoms with Crippen molar-refractivity contribution in [1.82, 2.24) is 0 Å². The third-order valence-corrected chi connectivity index (χ3v) is 1.75. The number of hydrogen-bond acceptors (Lipinski definition) is 1. The average Bonchev–Trinajstić information content (AvgIpc) is 1.94. The van der Waals surface area contributed by atoms with Crippen LogP contribution in [-0.4, -0.2) is 11.1 Å². The van der Waals surface area contributed by atoms with Crippen molar-refractivity contribution in [2.24, 2.45) is 0 Å². The van der Waals surface area contributed by atoms with Gasteiger partial charge in [-0.3, -0.25) is 0 Å². The smallest absolute Gasteiger partial charge is 0.335 e. The maximum atomic E-state index is 10.5. The molecule has 0 aliphatic rings. The predicted molar refractivity (Wildman–Crippen MR) is 42.9 cm³/mol. The Balaban J connectivity index is 0.00000121. The van der Waals surface area contributed by atoms with Crippen molar-refractivity contribution in [2.75, 3.05) is 0 Å². The van der Waals surface area contributed by atoms with Crippen molar-refractivity contribution in [3.05, 3.63) is 34.9 Å². The van der Waals surface area contributed by atoms with Crippen molar-refractivity contribution in [1.29, 1.82) is 0 Å². The summed E-state index contributed by atoms with van der Waals surface area (Å²) < 4.78 is 0. The Bertz CT molecular complexity index is 295. The second kappa shape index (κ2) is 4.37. The summed E-state index contributed by atoms with van der Waals surface area (Å²) in [6.45, 7) is 3.86. The van der Waals surface area contributed by atoms with Crippen LogP contribution >= 0.6 is 0 Å². The van der Waals surface area contributed by atoms with Gasteiger partial charge in [-0.2, -0.15) is 0 Å². The fraction of sp³-hybridized carbons (Fsp3) is 0.222. The Morgan fingerprint density at radius 1 is 1.25 bits per heavy atom. The number of aromatic carboxylic acids is 1. The van der Waals surface area contributed by atoms with Crippen LogP contribution in [0.25, 0.3) is 0 Å². The van der Waals surface area contributed by atoms with E-state index in [2.05, 4.69) is 0 Å². The SMILES string of the molecule is Cc1ccc(C(=O)O)cc1C.[Zn]. The minimum Gasteiger partial charge on any atom is -0.478 e. The third-order valence-electron chi connectivity index (χ3n) is 1.75. The van der Waals surface area contributed by atoms with Gasteiger partial charge in [0.2, 0.25) is 0 Å². The molecule has 0 atom stereocenters. The van der Waals surface area contributed by atoms with Crippen molar-refractivity contribution in [3.63, 3.8) is 0 Å². The van der Waals surface area contributed by atoms with Crippen LogP contribution in [0.3, 0.4) is 0 Å². The molecule has 0 radical (unpaired) electrons. The maximum absolute atomic E-state index is 10.5. The van der Waals surface area contributed by atoms with Gasteiger partial charge in [-0.05, 0) is 37.1 Å². The number of carboxylic acids is 1. The van der Waals surface area contributed by atoms with E-state index in [1.165, 1.54) is 0 Å². The van der Waals surface area contributed by atoms with Crippen LogP contribution < -0.4 is 0 Å². The first-order chi connectivity index (χ1) is 5.11. The molecule has 0 spiro atoms. The van der Waals surface area contributed by atoms with Crippen molar-refractivity contribution in [2.45, 2.75) is 13.8 Å². The van der Waals surface area contributed by atoms with Gasteiger partial charge in [-0.25, -0.2) is 4.79 Å². The molecule has 0 aromatic heterocycles. The molecule has 0 aliphatic carbocycles. The summed E-state index contributed by atoms with van der Waals surface area (Å²) in [5.41, 5.74) is 2.49. The van der Waals surface area contributed by atoms with Crippen LogP contribution in [0.2, 0.25) is 0 Å². The Morgan fingerprint density at radius 2 is 1.83 bits per heavy atom. The molecule has 2 nitrogen and oxygen atoms in total. The Morgan fingerprint density at radius 3 is 2.25 bits per heavy atom. The standard InChI is InChI=1S/C9H10O2.Zn/c1-6-3-4-8(9(10)11)5-7(6)2;/h3-5H,1-2H3,(H,10,11);. The zero-order chi connectivity index (χ0) is 8.43. The average molecular weight is 216 g/mol. The number of carbonyl (C=O) groups is 1. The second-order valence-electron chi connectivity index (χ2n) is 2.60. The molecule has 1 N–H and O–H groups in total. The van der Waals surface area contributed by atoms with Crippen LogP contribution in [0.1, 0.15) is 21.5 Å². The monoisotopic (exact) mass is 214 g/mol. The normalized spacial score (nSPS) is 8.83. The number of hydrogen-bond donors (Lipinski definition) is 1. The number of aryl methyl sites for hydroxylation is 2. The topological polar surface area (TPSA) is 37.3 Å². The van der Waals surface area contributed by atoms with Gasteiger partial charge < -0.3 is 5.11 Å². The van der Waals surface area contributed by atoms with Crippen LogP contribution in [0, 0.1) is 13.8 Å². The quantitative estimate of drug-likeness (QED) is 0.728. The largest absolute Gasteiger partial charge is 0.478 e. The zero-order valence-electron chi connectivity index (χ0n) is 7.29. The zero-order valence-corrected chi connectivity index (χ0v) is 10.3. The molecule has 0 amide bonds. The van der Waals surface area contributed by atoms with E-state index < -0.39 is 5.97 Å². The second-order valence-corrected chi connectivity index (χ2v) is 2.60. The first kappa shape index (κ1) is 11.3. The van der Waals surface area contributed by atoms with E-state index in [1.807, 2.05) is 19.9 Å². The first-order valence-electron chi connectivity index (χ1n) is 3.42. The molecule has 0 saturated heterocycles. The molecule has 60 valence electrons. The van der Waals surface area contributed by atoms with Gasteiger partial charge in [-0.1, -0.05) is 6.07 Å². The fourth-order valence-electron chi connectivity index (χ4n) is 0.874. The van der Waals surface area contributed by atoms with Crippen molar-refractivity contribution in [3.8, 4) is 0 Å². The van der Waals surface area contributed by atoms with E-state index >= 15 is 0 Å². The van der Waals surface area contributed by atoms with Crippen molar-refractivity contribution < 1.29 is 29.4 Å². The minimum absolute atomic E-state index is 0. The number of benzene rings is 1. The van der Waals surface area contributed by atoms with Crippen LogP contribution in [0.15, 0.2) is 18.2 Å². The molecule has 0 aliphatic heterocycles. The van der Waals surface area contributed by atoms with Crippen LogP contribution in [0.4, 0.5) is 0 Å². The molecule has 0 unspecified atom stereocenters. The van der Waals surface area contributed by atoms with E-state index in [1.54, 1.807) is 12.1 Å². The van der Waals surface area contributed by atoms with Gasteiger partial charge >= 0.3 is 5.97 Å². The molecule has 0 bridgehead atoms. The Labute approximate surface area is 84.4 Å². The molecule has 3 heteroatoms. The Hall–Kier alpha value is -0.687. The summed E-state index contributed by atoms with van der Waals surface area (Å²) in [4.78, 5) is 10.5. The predicted octanol–water partition coefficient (Wildman–Crippen LogP) is 2.00. The van der Waals surface area contributed by atoms with E-state index in [0.717, 1.165) is 11.1 Å². The summed E-state index contributed by atoms with van der Waals surface area (Å²) in [6, 6.07) is 5.11. The number of carboxylic acid groups (broad SMARTS) is 1. The Kier molecular flexibility index (Phi) is 4.12. The third kappa shape index (κ3) is 2.42. The molecule has 0 saturated carbocycles. The van der Waals surface area contributed by atoms with Gasteiger partial charge in [-0.15, -0.1) is 0 Å². The van der Waals surface area contributed by atoms with E-state index in [9.17, 15) is 4.79 Å². The molecule has 1 aromatic carbocycles.